The zero-order chi connectivity index (χ0) is 16.0. The average molecular weight is 312 g/mol. The highest BCUT2D eigenvalue weighted by Gasteiger charge is 2.27. The van der Waals surface area contributed by atoms with Crippen molar-refractivity contribution in [2.24, 2.45) is 5.92 Å². The molecule has 0 spiro atoms. The molecule has 1 atom stereocenters. The van der Waals surface area contributed by atoms with Gasteiger partial charge in [-0.2, -0.15) is 4.31 Å². The lowest BCUT2D eigenvalue weighted by Crippen LogP contribution is -2.36. The van der Waals surface area contributed by atoms with E-state index in [9.17, 15) is 8.42 Å². The van der Waals surface area contributed by atoms with Gasteiger partial charge in [-0.05, 0) is 37.8 Å². The lowest BCUT2D eigenvalue weighted by atomic mass is 10.1. The maximum absolute atomic E-state index is 12.8. The van der Waals surface area contributed by atoms with Crippen LogP contribution in [0.1, 0.15) is 40.5 Å². The normalized spacial score (nSPS) is 13.7. The lowest BCUT2D eigenvalue weighted by Gasteiger charge is -2.26. The minimum absolute atomic E-state index is 0.0192. The van der Waals surface area contributed by atoms with E-state index >= 15 is 0 Å². The molecule has 0 amide bonds. The fourth-order valence-corrected chi connectivity index (χ4v) is 3.86. The average Bonchev–Trinajstić information content (AvgIpc) is 2.43. The summed E-state index contributed by atoms with van der Waals surface area (Å²) in [5.41, 5.74) is 0.683. The highest BCUT2D eigenvalue weighted by Crippen LogP contribution is 2.26. The Bertz CT molecular complexity index is 541. The molecule has 0 aromatic heterocycles. The Morgan fingerprint density at radius 3 is 2.38 bits per heavy atom. The smallest absolute Gasteiger partial charge is 0.245 e. The highest BCUT2D eigenvalue weighted by atomic mass is 32.2. The minimum Gasteiger partial charge on any atom is -0.384 e. The topological polar surface area (TPSA) is 49.4 Å². The molecule has 1 rings (SSSR count). The number of para-hydroxylation sites is 1. The Labute approximate surface area is 129 Å². The fourth-order valence-electron chi connectivity index (χ4n) is 2.32. The molecule has 1 aromatic rings. The molecule has 0 aliphatic carbocycles. The Kier molecular flexibility index (Phi) is 6.68. The van der Waals surface area contributed by atoms with Crippen LogP contribution in [0.5, 0.6) is 0 Å². The van der Waals surface area contributed by atoms with Crippen molar-refractivity contribution in [3.63, 3.8) is 0 Å². The van der Waals surface area contributed by atoms with Gasteiger partial charge in [0.2, 0.25) is 10.0 Å². The molecular weight excluding hydrogens is 284 g/mol. The van der Waals surface area contributed by atoms with Crippen LogP contribution in [0.4, 0.5) is 5.69 Å². The first-order valence-corrected chi connectivity index (χ1v) is 9.05. The standard InChI is InChI=1S/C16H28N2O2S/c1-6-11-17-15-9-7-8-10-16(15)21(19,20)18(5)14(4)12-13(2)3/h7-10,13-14,17H,6,11-12H2,1-5H3. The molecule has 21 heavy (non-hydrogen) atoms. The Morgan fingerprint density at radius 1 is 1.19 bits per heavy atom. The van der Waals surface area contributed by atoms with Gasteiger partial charge in [-0.1, -0.05) is 32.9 Å². The molecule has 0 bridgehead atoms. The predicted octanol–water partition coefficient (Wildman–Crippen LogP) is 3.56. The number of anilines is 1. The summed E-state index contributed by atoms with van der Waals surface area (Å²) < 4.78 is 27.1. The van der Waals surface area contributed by atoms with E-state index in [1.54, 1.807) is 19.2 Å². The number of sulfonamides is 1. The first-order valence-electron chi connectivity index (χ1n) is 7.61. The largest absolute Gasteiger partial charge is 0.384 e. The van der Waals surface area contributed by atoms with Gasteiger partial charge in [0.25, 0.3) is 0 Å². The Balaban J connectivity index is 3.07. The number of benzene rings is 1. The van der Waals surface area contributed by atoms with E-state index < -0.39 is 10.0 Å². The summed E-state index contributed by atoms with van der Waals surface area (Å²) in [6, 6.07) is 7.10. The van der Waals surface area contributed by atoms with E-state index in [2.05, 4.69) is 26.1 Å². The highest BCUT2D eigenvalue weighted by molar-refractivity contribution is 7.89. The van der Waals surface area contributed by atoms with Crippen LogP contribution in [0.25, 0.3) is 0 Å². The van der Waals surface area contributed by atoms with Gasteiger partial charge < -0.3 is 5.32 Å². The van der Waals surface area contributed by atoms with Crippen molar-refractivity contribution < 1.29 is 8.42 Å². The summed E-state index contributed by atoms with van der Waals surface area (Å²) in [5, 5.41) is 3.20. The van der Waals surface area contributed by atoms with Crippen molar-refractivity contribution in [3.05, 3.63) is 24.3 Å². The number of hydrogen-bond acceptors (Lipinski definition) is 3. The molecule has 0 saturated carbocycles. The molecule has 0 radical (unpaired) electrons. The second-order valence-corrected chi connectivity index (χ2v) is 7.89. The van der Waals surface area contributed by atoms with Gasteiger partial charge in [0.1, 0.15) is 4.90 Å². The molecule has 1 unspecified atom stereocenters. The lowest BCUT2D eigenvalue weighted by molar-refractivity contribution is 0.338. The number of rotatable bonds is 8. The molecule has 0 saturated heterocycles. The zero-order valence-electron chi connectivity index (χ0n) is 13.8. The molecule has 0 fully saturated rings. The molecule has 0 aliphatic heterocycles. The molecule has 0 aliphatic rings. The quantitative estimate of drug-likeness (QED) is 0.798. The summed E-state index contributed by atoms with van der Waals surface area (Å²) in [6.07, 6.45) is 1.80. The van der Waals surface area contributed by atoms with E-state index in [-0.39, 0.29) is 6.04 Å². The van der Waals surface area contributed by atoms with Crippen LogP contribution in [0.2, 0.25) is 0 Å². The molecule has 120 valence electrons. The van der Waals surface area contributed by atoms with Gasteiger partial charge in [0.05, 0.1) is 5.69 Å². The van der Waals surface area contributed by atoms with Gasteiger partial charge in [0.15, 0.2) is 0 Å². The van der Waals surface area contributed by atoms with Gasteiger partial charge in [-0.25, -0.2) is 8.42 Å². The second kappa shape index (κ2) is 7.80. The third-order valence-corrected chi connectivity index (χ3v) is 5.57. The van der Waals surface area contributed by atoms with Gasteiger partial charge >= 0.3 is 0 Å². The monoisotopic (exact) mass is 312 g/mol. The third-order valence-electron chi connectivity index (χ3n) is 3.54. The SMILES string of the molecule is CCCNc1ccccc1S(=O)(=O)N(C)C(C)CC(C)C. The van der Waals surface area contributed by atoms with Crippen molar-refractivity contribution in [3.8, 4) is 0 Å². The number of nitrogens with zero attached hydrogens (tertiary/aromatic N) is 1. The maximum atomic E-state index is 12.8. The summed E-state index contributed by atoms with van der Waals surface area (Å²) in [5.74, 6) is 0.464. The van der Waals surface area contributed by atoms with Gasteiger partial charge in [-0.3, -0.25) is 0 Å². The van der Waals surface area contributed by atoms with E-state index in [0.29, 0.717) is 16.5 Å². The second-order valence-electron chi connectivity index (χ2n) is 5.92. The Hall–Kier alpha value is -1.07. The van der Waals surface area contributed by atoms with Crippen LogP contribution in [0.3, 0.4) is 0 Å². The van der Waals surface area contributed by atoms with Crippen molar-refractivity contribution in [2.45, 2.75) is 51.5 Å². The van der Waals surface area contributed by atoms with Crippen molar-refractivity contribution in [1.82, 2.24) is 4.31 Å². The maximum Gasteiger partial charge on any atom is 0.245 e. The van der Waals surface area contributed by atoms with Crippen LogP contribution in [0, 0.1) is 5.92 Å². The van der Waals surface area contributed by atoms with E-state index in [0.717, 1.165) is 19.4 Å². The van der Waals surface area contributed by atoms with E-state index in [4.69, 9.17) is 0 Å². The van der Waals surface area contributed by atoms with Crippen LogP contribution >= 0.6 is 0 Å². The van der Waals surface area contributed by atoms with Crippen LogP contribution < -0.4 is 5.32 Å². The first-order chi connectivity index (χ1) is 9.80. The Morgan fingerprint density at radius 2 is 1.81 bits per heavy atom. The van der Waals surface area contributed by atoms with Crippen LogP contribution in [-0.4, -0.2) is 32.4 Å². The summed E-state index contributed by atoms with van der Waals surface area (Å²) >= 11 is 0. The predicted molar refractivity (Wildman–Crippen MR) is 89.1 cm³/mol. The minimum atomic E-state index is -3.47. The summed E-state index contributed by atoms with van der Waals surface area (Å²) in [6.45, 7) is 8.99. The summed E-state index contributed by atoms with van der Waals surface area (Å²) in [4.78, 5) is 0.358. The molecule has 5 heteroatoms. The van der Waals surface area contributed by atoms with Gasteiger partial charge in [-0.15, -0.1) is 0 Å². The van der Waals surface area contributed by atoms with E-state index in [1.165, 1.54) is 4.31 Å². The first kappa shape index (κ1) is 18.0. The van der Waals surface area contributed by atoms with Crippen molar-refractivity contribution in [1.29, 1.82) is 0 Å². The van der Waals surface area contributed by atoms with Gasteiger partial charge in [0, 0.05) is 19.6 Å². The molecule has 0 heterocycles. The third kappa shape index (κ3) is 4.71. The number of hydrogen-bond donors (Lipinski definition) is 1. The molecule has 1 N–H and O–H groups in total. The fraction of sp³-hybridized carbons (Fsp3) is 0.625. The van der Waals surface area contributed by atoms with E-state index in [1.807, 2.05) is 19.1 Å². The van der Waals surface area contributed by atoms with Crippen molar-refractivity contribution >= 4 is 15.7 Å². The molecule has 1 aromatic carbocycles. The van der Waals surface area contributed by atoms with Crippen LogP contribution in [-0.2, 0) is 10.0 Å². The number of nitrogens with one attached hydrogen (secondary N) is 1. The summed E-state index contributed by atoms with van der Waals surface area (Å²) in [7, 11) is -1.81. The van der Waals surface area contributed by atoms with Crippen LogP contribution in [0.15, 0.2) is 29.2 Å². The molecular formula is C16H28N2O2S. The molecule has 4 nitrogen and oxygen atoms in total. The van der Waals surface area contributed by atoms with Crippen molar-refractivity contribution in [2.75, 3.05) is 18.9 Å². The zero-order valence-corrected chi connectivity index (χ0v) is 14.6.